The van der Waals surface area contributed by atoms with Crippen LogP contribution in [0.25, 0.3) is 0 Å². The zero-order valence-corrected chi connectivity index (χ0v) is 20.9. The average molecular weight is 495 g/mol. The highest BCUT2D eigenvalue weighted by Crippen LogP contribution is 2.15. The van der Waals surface area contributed by atoms with Crippen molar-refractivity contribution in [3.8, 4) is 0 Å². The van der Waals surface area contributed by atoms with Gasteiger partial charge in [0.1, 0.15) is 0 Å². The Balaban J connectivity index is 0.000000319. The Hall–Kier alpha value is -3.68. The lowest BCUT2D eigenvalue weighted by Gasteiger charge is -2.23. The normalized spacial score (nSPS) is 15.2. The first-order valence-corrected chi connectivity index (χ1v) is 12.7. The number of rotatable bonds is 4. The predicted octanol–water partition coefficient (Wildman–Crippen LogP) is 4.03. The van der Waals surface area contributed by atoms with E-state index in [9.17, 15) is 19.2 Å². The van der Waals surface area contributed by atoms with Gasteiger partial charge in [-0.25, -0.2) is 0 Å². The van der Waals surface area contributed by atoms with Crippen molar-refractivity contribution in [2.75, 3.05) is 13.1 Å². The number of nitrogens with two attached hydrogens (primary N) is 3. The Kier molecular flexibility index (Phi) is 12.2. The van der Waals surface area contributed by atoms with Gasteiger partial charge in [-0.2, -0.15) is 0 Å². The summed E-state index contributed by atoms with van der Waals surface area (Å²) in [5.41, 5.74) is 17.0. The van der Waals surface area contributed by atoms with Crippen molar-refractivity contribution < 1.29 is 19.2 Å². The average Bonchev–Trinajstić information content (AvgIpc) is 2.90. The fraction of sp³-hybridized carbons (Fsp3) is 0.429. The van der Waals surface area contributed by atoms with Crippen molar-refractivity contribution in [2.45, 2.75) is 64.2 Å². The summed E-state index contributed by atoms with van der Waals surface area (Å²) in [5, 5.41) is 0. The summed E-state index contributed by atoms with van der Waals surface area (Å²) in [4.78, 5) is 47.3. The third-order valence-corrected chi connectivity index (χ3v) is 6.24. The molecule has 8 nitrogen and oxygen atoms in total. The van der Waals surface area contributed by atoms with Crippen LogP contribution in [0.2, 0.25) is 0 Å². The van der Waals surface area contributed by atoms with Gasteiger partial charge >= 0.3 is 0 Å². The summed E-state index contributed by atoms with van der Waals surface area (Å²) in [5.74, 6) is -1.51. The molecule has 1 saturated heterocycles. The van der Waals surface area contributed by atoms with Gasteiger partial charge in [0.25, 0.3) is 5.91 Å². The van der Waals surface area contributed by atoms with Gasteiger partial charge in [-0.3, -0.25) is 19.2 Å². The van der Waals surface area contributed by atoms with Gasteiger partial charge in [-0.1, -0.05) is 57.4 Å². The van der Waals surface area contributed by atoms with Crippen molar-refractivity contribution >= 4 is 23.6 Å². The number of amides is 4. The molecule has 0 radical (unpaired) electrons. The van der Waals surface area contributed by atoms with Crippen LogP contribution in [0.5, 0.6) is 0 Å². The lowest BCUT2D eigenvalue weighted by Crippen LogP contribution is -2.33. The Morgan fingerprint density at radius 1 is 0.500 bits per heavy atom. The second-order valence-electron chi connectivity index (χ2n) is 9.08. The number of hydrogen-bond donors (Lipinski definition) is 3. The van der Waals surface area contributed by atoms with Crippen LogP contribution >= 0.6 is 0 Å². The van der Waals surface area contributed by atoms with Crippen molar-refractivity contribution in [1.82, 2.24) is 4.90 Å². The summed E-state index contributed by atoms with van der Waals surface area (Å²) in [6.07, 6.45) is 12.3. The number of primary amides is 3. The van der Waals surface area contributed by atoms with Crippen LogP contribution in [0.4, 0.5) is 0 Å². The lowest BCUT2D eigenvalue weighted by molar-refractivity contribution is 0.0749. The maximum absolute atomic E-state index is 12.8. The van der Waals surface area contributed by atoms with Crippen LogP contribution in [-0.4, -0.2) is 41.6 Å². The van der Waals surface area contributed by atoms with Crippen LogP contribution in [-0.2, 0) is 0 Å². The zero-order chi connectivity index (χ0) is 26.3. The van der Waals surface area contributed by atoms with E-state index in [-0.39, 0.29) is 5.91 Å². The molecular formula is C28H38N4O4. The van der Waals surface area contributed by atoms with Crippen molar-refractivity contribution in [1.29, 1.82) is 0 Å². The van der Waals surface area contributed by atoms with Crippen LogP contribution in [0.3, 0.4) is 0 Å². The number of carbonyl (C=O) groups excluding carboxylic acids is 4. The molecule has 1 fully saturated rings. The molecule has 2 aromatic carbocycles. The lowest BCUT2D eigenvalue weighted by atomic mass is 10.1. The molecule has 1 aliphatic heterocycles. The second kappa shape index (κ2) is 15.3. The van der Waals surface area contributed by atoms with E-state index in [2.05, 4.69) is 0 Å². The van der Waals surface area contributed by atoms with Crippen LogP contribution in [0, 0.1) is 0 Å². The van der Waals surface area contributed by atoms with Gasteiger partial charge in [0.2, 0.25) is 17.7 Å². The molecule has 8 heteroatoms. The van der Waals surface area contributed by atoms with E-state index in [1.54, 1.807) is 24.3 Å². The van der Waals surface area contributed by atoms with Gasteiger partial charge in [0, 0.05) is 35.3 Å². The summed E-state index contributed by atoms with van der Waals surface area (Å²) < 4.78 is 0. The number of carbonyl (C=O) groups is 4. The zero-order valence-electron chi connectivity index (χ0n) is 20.9. The number of nitrogens with zero attached hydrogens (tertiary/aromatic N) is 1. The van der Waals surface area contributed by atoms with E-state index in [0.29, 0.717) is 22.3 Å². The molecule has 0 saturated carbocycles. The fourth-order valence-electron chi connectivity index (χ4n) is 4.12. The quantitative estimate of drug-likeness (QED) is 0.588. The SMILES string of the molecule is NC(=O)c1ccc(C(N)=O)cc1.NC(=O)c1cccc(C(=O)N2CCCCCCCCCCCC2)c1. The molecule has 0 unspecified atom stereocenters. The van der Waals surface area contributed by atoms with Crippen LogP contribution in [0.1, 0.15) is 106 Å². The molecule has 0 aliphatic carbocycles. The summed E-state index contributed by atoms with van der Waals surface area (Å²) in [7, 11) is 0. The summed E-state index contributed by atoms with van der Waals surface area (Å²) in [6.45, 7) is 1.61. The first-order chi connectivity index (χ1) is 17.3. The number of hydrogen-bond acceptors (Lipinski definition) is 4. The molecule has 0 aromatic heterocycles. The second-order valence-corrected chi connectivity index (χ2v) is 9.08. The maximum atomic E-state index is 12.8. The first kappa shape index (κ1) is 28.6. The van der Waals surface area contributed by atoms with Crippen LogP contribution in [0.15, 0.2) is 48.5 Å². The molecule has 6 N–H and O–H groups in total. The fourth-order valence-corrected chi connectivity index (χ4v) is 4.12. The van der Waals surface area contributed by atoms with Crippen LogP contribution < -0.4 is 17.2 Å². The Morgan fingerprint density at radius 2 is 0.861 bits per heavy atom. The largest absolute Gasteiger partial charge is 0.366 e. The van der Waals surface area contributed by atoms with Gasteiger partial charge in [-0.15, -0.1) is 0 Å². The first-order valence-electron chi connectivity index (χ1n) is 12.7. The highest BCUT2D eigenvalue weighted by molar-refractivity contribution is 5.99. The molecule has 0 spiro atoms. The van der Waals surface area contributed by atoms with Crippen molar-refractivity contribution in [3.63, 3.8) is 0 Å². The van der Waals surface area contributed by atoms with E-state index in [4.69, 9.17) is 17.2 Å². The minimum absolute atomic E-state index is 0.0213. The van der Waals surface area contributed by atoms with Gasteiger partial charge in [-0.05, 0) is 55.3 Å². The molecule has 0 bridgehead atoms. The van der Waals surface area contributed by atoms with E-state index in [0.717, 1.165) is 25.9 Å². The Bertz CT molecular complexity index is 973. The van der Waals surface area contributed by atoms with Gasteiger partial charge in [0.05, 0.1) is 0 Å². The van der Waals surface area contributed by atoms with Crippen molar-refractivity contribution in [2.24, 2.45) is 17.2 Å². The van der Waals surface area contributed by atoms with E-state index < -0.39 is 17.7 Å². The monoisotopic (exact) mass is 494 g/mol. The molecule has 0 atom stereocenters. The van der Waals surface area contributed by atoms with E-state index >= 15 is 0 Å². The topological polar surface area (TPSA) is 150 Å². The molecule has 4 amide bonds. The highest BCUT2D eigenvalue weighted by Gasteiger charge is 2.16. The van der Waals surface area contributed by atoms with E-state index in [1.165, 1.54) is 75.6 Å². The molecule has 36 heavy (non-hydrogen) atoms. The maximum Gasteiger partial charge on any atom is 0.253 e. The third kappa shape index (κ3) is 9.90. The Labute approximate surface area is 213 Å². The predicted molar refractivity (Wildman–Crippen MR) is 141 cm³/mol. The molecule has 2 aromatic rings. The summed E-state index contributed by atoms with van der Waals surface area (Å²) >= 11 is 0. The highest BCUT2D eigenvalue weighted by atomic mass is 16.2. The minimum atomic E-state index is -0.522. The molecule has 1 heterocycles. The Morgan fingerprint density at radius 3 is 1.25 bits per heavy atom. The van der Waals surface area contributed by atoms with Crippen molar-refractivity contribution in [3.05, 3.63) is 70.8 Å². The standard InChI is InChI=1S/C20H30N2O2.C8H8N2O2/c21-19(23)17-12-11-13-18(16-17)20(24)22-14-9-7-5-3-1-2-4-6-8-10-15-22;9-7(11)5-1-2-6(4-3-5)8(10)12/h11-13,16H,1-10,14-15H2,(H2,21,23);1-4H,(H2,9,11)(H2,10,12). The molecule has 1 aliphatic rings. The smallest absolute Gasteiger partial charge is 0.253 e. The third-order valence-electron chi connectivity index (χ3n) is 6.24. The van der Waals surface area contributed by atoms with Gasteiger partial charge < -0.3 is 22.1 Å². The van der Waals surface area contributed by atoms with Gasteiger partial charge in [0.15, 0.2) is 0 Å². The molecule has 194 valence electrons. The molecule has 3 rings (SSSR count). The molecular weight excluding hydrogens is 456 g/mol. The summed E-state index contributed by atoms with van der Waals surface area (Å²) in [6, 6.07) is 12.6. The van der Waals surface area contributed by atoms with E-state index in [1.807, 2.05) is 4.90 Å². The minimum Gasteiger partial charge on any atom is -0.366 e. The number of benzene rings is 2.